The summed E-state index contributed by atoms with van der Waals surface area (Å²) >= 11 is 74.8. The molecule has 0 bridgehead atoms. The van der Waals surface area contributed by atoms with E-state index in [2.05, 4.69) is 0 Å². The summed E-state index contributed by atoms with van der Waals surface area (Å²) in [6.45, 7) is 0. The maximum Gasteiger partial charge on any atom is 0.225 e. The molecular formula is C6HCl13. The van der Waals surface area contributed by atoms with Gasteiger partial charge in [0.2, 0.25) is 11.4 Å². The summed E-state index contributed by atoms with van der Waals surface area (Å²) in [6, 6.07) is 0. The molecule has 0 aromatic rings. The summed E-state index contributed by atoms with van der Waals surface area (Å²) in [7, 11) is 0. The summed E-state index contributed by atoms with van der Waals surface area (Å²) in [5.41, 5.74) is 0. The van der Waals surface area contributed by atoms with Crippen molar-refractivity contribution in [1.82, 2.24) is 0 Å². The summed E-state index contributed by atoms with van der Waals surface area (Å²) in [5, 5.41) is -1.73. The molecule has 0 nitrogen and oxygen atoms in total. The molecule has 0 aromatic carbocycles. The van der Waals surface area contributed by atoms with Crippen LogP contribution >= 0.6 is 151 Å². The first-order valence-electron chi connectivity index (χ1n) is 3.81. The second kappa shape index (κ2) is 6.95. The van der Waals surface area contributed by atoms with Gasteiger partial charge in [-0.1, -0.05) is 128 Å². The first kappa shape index (κ1) is 22.8. The third-order valence-corrected chi connectivity index (χ3v) is 8.38. The van der Waals surface area contributed by atoms with Gasteiger partial charge in [-0.3, -0.25) is 0 Å². The first-order chi connectivity index (χ1) is 7.90. The molecule has 0 aromatic heterocycles. The van der Waals surface area contributed by atoms with Gasteiger partial charge in [0.15, 0.2) is 4.33 Å². The Kier molecular flexibility index (Phi) is 8.32. The third-order valence-electron chi connectivity index (χ3n) is 1.86. The SMILES string of the molecule is ClC(C(Cl)(Cl)Cl)C(Cl)(C(Cl)(Cl)Cl)C(Cl)(Cl)C(Cl)(Cl)Cl. The van der Waals surface area contributed by atoms with Crippen LogP contribution in [0, 0.1) is 0 Å². The van der Waals surface area contributed by atoms with Crippen molar-refractivity contribution in [2.24, 2.45) is 0 Å². The van der Waals surface area contributed by atoms with Crippen molar-refractivity contribution in [3.63, 3.8) is 0 Å². The number of hydrogen-bond acceptors (Lipinski definition) is 0. The van der Waals surface area contributed by atoms with Crippen molar-refractivity contribution >= 4 is 151 Å². The Morgan fingerprint density at radius 2 is 0.842 bits per heavy atom. The van der Waals surface area contributed by atoms with Gasteiger partial charge in [-0.05, 0) is 0 Å². The molecule has 0 aliphatic carbocycles. The lowest BCUT2D eigenvalue weighted by Crippen LogP contribution is -2.65. The van der Waals surface area contributed by atoms with Crippen LogP contribution in [0.2, 0.25) is 0 Å². The highest BCUT2D eigenvalue weighted by molar-refractivity contribution is 6.81. The van der Waals surface area contributed by atoms with Crippen molar-refractivity contribution in [2.45, 2.75) is 26.0 Å². The lowest BCUT2D eigenvalue weighted by atomic mass is 10.0. The molecule has 0 heterocycles. The van der Waals surface area contributed by atoms with Gasteiger partial charge >= 0.3 is 0 Å². The van der Waals surface area contributed by atoms with Crippen molar-refractivity contribution in [3.8, 4) is 0 Å². The second-order valence-corrected chi connectivity index (χ2v) is 12.5. The number of alkyl halides is 13. The van der Waals surface area contributed by atoms with E-state index in [0.29, 0.717) is 0 Å². The van der Waals surface area contributed by atoms with Gasteiger partial charge in [-0.2, -0.15) is 0 Å². The molecule has 0 rings (SSSR count). The summed E-state index contributed by atoms with van der Waals surface area (Å²) in [4.78, 5) is -2.47. The first-order valence-corrected chi connectivity index (χ1v) is 8.79. The molecule has 2 atom stereocenters. The van der Waals surface area contributed by atoms with Crippen molar-refractivity contribution < 1.29 is 0 Å². The molecule has 13 heteroatoms. The number of halogens is 13. The Morgan fingerprint density at radius 3 is 1.00 bits per heavy atom. The molecule has 2 unspecified atom stereocenters. The number of rotatable bonds is 2. The van der Waals surface area contributed by atoms with Crippen LogP contribution in [-0.4, -0.2) is 26.0 Å². The molecule has 0 saturated heterocycles. The Labute approximate surface area is 175 Å². The zero-order chi connectivity index (χ0) is 16.1. The average Bonchev–Trinajstić information content (AvgIpc) is 2.09. The maximum atomic E-state index is 6.13. The number of hydrogen-bond donors (Lipinski definition) is 0. The normalized spacial score (nSPS) is 20.1. The van der Waals surface area contributed by atoms with E-state index in [0.717, 1.165) is 0 Å². The highest BCUT2D eigenvalue weighted by atomic mass is 35.6. The van der Waals surface area contributed by atoms with Crippen LogP contribution in [0.4, 0.5) is 0 Å². The molecule has 0 saturated carbocycles. The highest BCUT2D eigenvalue weighted by Crippen LogP contribution is 2.66. The quantitative estimate of drug-likeness (QED) is 0.317. The van der Waals surface area contributed by atoms with Crippen molar-refractivity contribution in [3.05, 3.63) is 0 Å². The van der Waals surface area contributed by atoms with E-state index in [9.17, 15) is 0 Å². The molecular weight excluding hydrogens is 533 g/mol. The van der Waals surface area contributed by atoms with Gasteiger partial charge in [0.1, 0.15) is 10.3 Å². The summed E-state index contributed by atoms with van der Waals surface area (Å²) in [6.07, 6.45) is 0. The van der Waals surface area contributed by atoms with Crippen LogP contribution in [0.25, 0.3) is 0 Å². The van der Waals surface area contributed by atoms with E-state index in [-0.39, 0.29) is 0 Å². The minimum Gasteiger partial charge on any atom is -0.116 e. The lowest BCUT2D eigenvalue weighted by molar-refractivity contribution is 0.488. The average molecular weight is 534 g/mol. The monoisotopic (exact) mass is 528 g/mol. The standard InChI is InChI=1S/C6HCl13/c7-1(3(9,10)11)2(8,5(14,15)16)4(12,13)6(17,18)19/h1H. The predicted octanol–water partition coefficient (Wildman–Crippen LogP) is 7.86. The highest BCUT2D eigenvalue weighted by Gasteiger charge is 2.73. The van der Waals surface area contributed by atoms with Gasteiger partial charge in [-0.15, -0.1) is 23.2 Å². The smallest absolute Gasteiger partial charge is 0.116 e. The van der Waals surface area contributed by atoms with Crippen molar-refractivity contribution in [1.29, 1.82) is 0 Å². The summed E-state index contributed by atoms with van der Waals surface area (Å²) < 4.78 is -9.60. The zero-order valence-corrected chi connectivity index (χ0v) is 17.8. The van der Waals surface area contributed by atoms with Crippen LogP contribution in [0.3, 0.4) is 0 Å². The van der Waals surface area contributed by atoms with E-state index in [1.165, 1.54) is 0 Å². The van der Waals surface area contributed by atoms with Gasteiger partial charge in [-0.25, -0.2) is 0 Å². The van der Waals surface area contributed by atoms with Crippen LogP contribution in [0.15, 0.2) is 0 Å². The van der Waals surface area contributed by atoms with Crippen molar-refractivity contribution in [2.75, 3.05) is 0 Å². The molecule has 0 aliphatic heterocycles. The van der Waals surface area contributed by atoms with Gasteiger partial charge in [0, 0.05) is 0 Å². The summed E-state index contributed by atoms with van der Waals surface area (Å²) in [5.74, 6) is 0. The second-order valence-electron chi connectivity index (χ2n) is 3.19. The Morgan fingerprint density at radius 1 is 0.526 bits per heavy atom. The molecule has 0 aliphatic rings. The lowest BCUT2D eigenvalue weighted by Gasteiger charge is -2.49. The van der Waals surface area contributed by atoms with Crippen LogP contribution in [0.1, 0.15) is 0 Å². The van der Waals surface area contributed by atoms with E-state index in [1.807, 2.05) is 0 Å². The Hall–Kier alpha value is 3.77. The Bertz CT molecular complexity index is 317. The fraction of sp³-hybridized carbons (Fsp3) is 1.00. The van der Waals surface area contributed by atoms with Gasteiger partial charge < -0.3 is 0 Å². The topological polar surface area (TPSA) is 0 Å². The van der Waals surface area contributed by atoms with Crippen LogP contribution in [-0.2, 0) is 0 Å². The molecule has 0 N–H and O–H groups in total. The largest absolute Gasteiger partial charge is 0.225 e. The molecule has 19 heavy (non-hydrogen) atoms. The van der Waals surface area contributed by atoms with E-state index in [4.69, 9.17) is 151 Å². The molecule has 0 radical (unpaired) electrons. The molecule has 0 spiro atoms. The van der Waals surface area contributed by atoms with E-state index in [1.54, 1.807) is 0 Å². The minimum atomic E-state index is -2.52. The van der Waals surface area contributed by atoms with E-state index >= 15 is 0 Å². The molecule has 116 valence electrons. The predicted molar refractivity (Wildman–Crippen MR) is 93.5 cm³/mol. The minimum absolute atomic E-state index is 1.73. The third kappa shape index (κ3) is 4.65. The van der Waals surface area contributed by atoms with Gasteiger partial charge in [0.05, 0.1) is 0 Å². The zero-order valence-electron chi connectivity index (χ0n) is 7.99. The maximum absolute atomic E-state index is 6.13. The Balaban J connectivity index is 6.14. The van der Waals surface area contributed by atoms with Crippen LogP contribution in [0.5, 0.6) is 0 Å². The van der Waals surface area contributed by atoms with E-state index < -0.39 is 26.0 Å². The molecule has 0 amide bonds. The fourth-order valence-corrected chi connectivity index (χ4v) is 4.62. The fourth-order valence-electron chi connectivity index (χ4n) is 0.913. The van der Waals surface area contributed by atoms with Crippen LogP contribution < -0.4 is 0 Å². The molecule has 0 fully saturated rings. The van der Waals surface area contributed by atoms with Gasteiger partial charge in [0.25, 0.3) is 0 Å².